The van der Waals surface area contributed by atoms with Crippen LogP contribution in [0.1, 0.15) is 48.0 Å². The highest BCUT2D eigenvalue weighted by atomic mass is 32.1. The van der Waals surface area contributed by atoms with E-state index in [0.29, 0.717) is 17.2 Å². The van der Waals surface area contributed by atoms with Gasteiger partial charge in [-0.15, -0.1) is 0 Å². The van der Waals surface area contributed by atoms with E-state index >= 15 is 0 Å². The number of benzene rings is 2. The Balaban J connectivity index is 1.74. The third-order valence-electron chi connectivity index (χ3n) is 5.13. The standard InChI is InChI=1S/C25H25N3OS/c1-17-8-7-10-21-22(17)27-24(30-21)28(16-20-9-5-6-15-26-20)23(29)18-11-13-19(14-12-18)25(2,3)4/h5-15H,16H2,1-4H3. The fraction of sp³-hybridized carbons (Fsp3) is 0.240. The van der Waals surface area contributed by atoms with Gasteiger partial charge in [0.2, 0.25) is 0 Å². The number of nitrogens with zero attached hydrogens (tertiary/aromatic N) is 3. The lowest BCUT2D eigenvalue weighted by Gasteiger charge is -2.21. The molecule has 0 radical (unpaired) electrons. The maximum atomic E-state index is 13.5. The number of para-hydroxylation sites is 1. The molecule has 0 bridgehead atoms. The molecule has 4 aromatic rings. The molecule has 2 aromatic carbocycles. The highest BCUT2D eigenvalue weighted by Crippen LogP contribution is 2.32. The molecule has 0 unspecified atom stereocenters. The Morgan fingerprint density at radius 3 is 2.40 bits per heavy atom. The molecule has 0 fully saturated rings. The van der Waals surface area contributed by atoms with Gasteiger partial charge in [0.15, 0.2) is 5.13 Å². The highest BCUT2D eigenvalue weighted by molar-refractivity contribution is 7.22. The molecule has 1 amide bonds. The van der Waals surface area contributed by atoms with Crippen molar-refractivity contribution in [3.63, 3.8) is 0 Å². The number of pyridine rings is 1. The normalized spacial score (nSPS) is 11.6. The lowest BCUT2D eigenvalue weighted by molar-refractivity contribution is 0.0984. The Morgan fingerprint density at radius 1 is 1.00 bits per heavy atom. The highest BCUT2D eigenvalue weighted by Gasteiger charge is 2.23. The van der Waals surface area contributed by atoms with E-state index in [2.05, 4.69) is 25.8 Å². The summed E-state index contributed by atoms with van der Waals surface area (Å²) in [5.41, 5.74) is 4.77. The number of hydrogen-bond donors (Lipinski definition) is 0. The molecule has 2 aromatic heterocycles. The minimum Gasteiger partial charge on any atom is -0.278 e. The average molecular weight is 416 g/mol. The van der Waals surface area contributed by atoms with Crippen LogP contribution in [0, 0.1) is 6.92 Å². The van der Waals surface area contributed by atoms with Crippen molar-refractivity contribution in [3.8, 4) is 0 Å². The first-order chi connectivity index (χ1) is 14.3. The molecule has 0 aliphatic heterocycles. The fourth-order valence-electron chi connectivity index (χ4n) is 3.34. The van der Waals surface area contributed by atoms with E-state index in [0.717, 1.165) is 21.5 Å². The maximum absolute atomic E-state index is 13.5. The number of aromatic nitrogens is 2. The first-order valence-corrected chi connectivity index (χ1v) is 10.8. The molecule has 0 N–H and O–H groups in total. The van der Waals surface area contributed by atoms with Crippen LogP contribution in [0.2, 0.25) is 0 Å². The van der Waals surface area contributed by atoms with Crippen LogP contribution in [-0.4, -0.2) is 15.9 Å². The van der Waals surface area contributed by atoms with E-state index in [1.807, 2.05) is 67.6 Å². The van der Waals surface area contributed by atoms with Crippen LogP contribution in [0.15, 0.2) is 66.9 Å². The van der Waals surface area contributed by atoms with E-state index in [1.54, 1.807) is 11.1 Å². The third-order valence-corrected chi connectivity index (χ3v) is 6.17. The first kappa shape index (κ1) is 20.2. The zero-order chi connectivity index (χ0) is 21.3. The van der Waals surface area contributed by atoms with Gasteiger partial charge in [0.05, 0.1) is 22.5 Å². The van der Waals surface area contributed by atoms with Gasteiger partial charge < -0.3 is 0 Å². The Morgan fingerprint density at radius 2 is 1.77 bits per heavy atom. The minimum atomic E-state index is -0.0715. The van der Waals surface area contributed by atoms with Gasteiger partial charge in [0.1, 0.15) is 0 Å². The van der Waals surface area contributed by atoms with Crippen molar-refractivity contribution in [2.24, 2.45) is 0 Å². The fourth-order valence-corrected chi connectivity index (χ4v) is 4.38. The topological polar surface area (TPSA) is 46.1 Å². The van der Waals surface area contributed by atoms with Crippen LogP contribution in [0.5, 0.6) is 0 Å². The number of hydrogen-bond acceptors (Lipinski definition) is 4. The van der Waals surface area contributed by atoms with E-state index in [4.69, 9.17) is 4.98 Å². The number of thiazole rings is 1. The number of aryl methyl sites for hydroxylation is 1. The molecule has 0 saturated heterocycles. The van der Waals surface area contributed by atoms with Gasteiger partial charge in [0.25, 0.3) is 5.91 Å². The summed E-state index contributed by atoms with van der Waals surface area (Å²) in [6.07, 6.45) is 1.75. The SMILES string of the molecule is Cc1cccc2sc(N(Cc3ccccn3)C(=O)c3ccc(C(C)(C)C)cc3)nc12. The summed E-state index contributed by atoms with van der Waals surface area (Å²) < 4.78 is 1.08. The zero-order valence-electron chi connectivity index (χ0n) is 17.7. The molecule has 0 atom stereocenters. The van der Waals surface area contributed by atoms with Crippen LogP contribution in [0.4, 0.5) is 5.13 Å². The van der Waals surface area contributed by atoms with E-state index in [1.165, 1.54) is 16.9 Å². The second kappa shape index (κ2) is 8.00. The monoisotopic (exact) mass is 415 g/mol. The van der Waals surface area contributed by atoms with Crippen molar-refractivity contribution < 1.29 is 4.79 Å². The Bertz CT molecular complexity index is 1170. The van der Waals surface area contributed by atoms with Gasteiger partial charge in [0, 0.05) is 11.8 Å². The summed E-state index contributed by atoms with van der Waals surface area (Å²) in [5.74, 6) is -0.0715. The second-order valence-corrected chi connectivity index (χ2v) is 9.47. The quantitative estimate of drug-likeness (QED) is 0.402. The number of anilines is 1. The van der Waals surface area contributed by atoms with Crippen LogP contribution >= 0.6 is 11.3 Å². The van der Waals surface area contributed by atoms with Crippen LogP contribution < -0.4 is 4.90 Å². The third kappa shape index (κ3) is 4.12. The second-order valence-electron chi connectivity index (χ2n) is 8.46. The Hall–Kier alpha value is -3.05. The van der Waals surface area contributed by atoms with Gasteiger partial charge in [-0.1, -0.05) is 62.4 Å². The van der Waals surface area contributed by atoms with Crippen molar-refractivity contribution in [2.75, 3.05) is 4.90 Å². The molecular formula is C25H25N3OS. The van der Waals surface area contributed by atoms with Gasteiger partial charge >= 0.3 is 0 Å². The number of carbonyl (C=O) groups excluding carboxylic acids is 1. The average Bonchev–Trinajstić information content (AvgIpc) is 3.17. The van der Waals surface area contributed by atoms with Crippen LogP contribution in [-0.2, 0) is 12.0 Å². The molecule has 2 heterocycles. The van der Waals surface area contributed by atoms with Crippen molar-refractivity contribution >= 4 is 32.6 Å². The molecule has 0 spiro atoms. The van der Waals surface area contributed by atoms with Crippen LogP contribution in [0.25, 0.3) is 10.2 Å². The Kier molecular flexibility index (Phi) is 5.39. The molecule has 0 aliphatic carbocycles. The molecule has 0 saturated carbocycles. The van der Waals surface area contributed by atoms with Gasteiger partial charge in [-0.2, -0.15) is 0 Å². The molecule has 30 heavy (non-hydrogen) atoms. The molecule has 5 heteroatoms. The summed E-state index contributed by atoms with van der Waals surface area (Å²) in [4.78, 5) is 24.5. The summed E-state index contributed by atoms with van der Waals surface area (Å²) in [7, 11) is 0. The lowest BCUT2D eigenvalue weighted by atomic mass is 9.86. The molecule has 152 valence electrons. The summed E-state index contributed by atoms with van der Waals surface area (Å²) in [5, 5.41) is 0.690. The number of carbonyl (C=O) groups is 1. The van der Waals surface area contributed by atoms with E-state index in [9.17, 15) is 4.79 Å². The Labute approximate surface area is 181 Å². The van der Waals surface area contributed by atoms with Gasteiger partial charge in [-0.25, -0.2) is 4.98 Å². The van der Waals surface area contributed by atoms with Gasteiger partial charge in [-0.3, -0.25) is 14.7 Å². The molecule has 4 nitrogen and oxygen atoms in total. The van der Waals surface area contributed by atoms with Gasteiger partial charge in [-0.05, 0) is 53.8 Å². The zero-order valence-corrected chi connectivity index (χ0v) is 18.5. The van der Waals surface area contributed by atoms with Crippen LogP contribution in [0.3, 0.4) is 0 Å². The van der Waals surface area contributed by atoms with Crippen molar-refractivity contribution in [2.45, 2.75) is 39.7 Å². The summed E-state index contributed by atoms with van der Waals surface area (Å²) >= 11 is 1.54. The minimum absolute atomic E-state index is 0.0415. The lowest BCUT2D eigenvalue weighted by Crippen LogP contribution is -2.30. The molecule has 0 aliphatic rings. The van der Waals surface area contributed by atoms with Crippen molar-refractivity contribution in [1.82, 2.24) is 9.97 Å². The molecular weight excluding hydrogens is 390 g/mol. The summed E-state index contributed by atoms with van der Waals surface area (Å²) in [6, 6.07) is 19.8. The van der Waals surface area contributed by atoms with E-state index < -0.39 is 0 Å². The summed E-state index contributed by atoms with van der Waals surface area (Å²) in [6.45, 7) is 8.92. The first-order valence-electron chi connectivity index (χ1n) is 10.0. The van der Waals surface area contributed by atoms with Crippen molar-refractivity contribution in [3.05, 3.63) is 89.2 Å². The number of fused-ring (bicyclic) bond motifs is 1. The maximum Gasteiger partial charge on any atom is 0.260 e. The van der Waals surface area contributed by atoms with Crippen molar-refractivity contribution in [1.29, 1.82) is 0 Å². The smallest absolute Gasteiger partial charge is 0.260 e. The van der Waals surface area contributed by atoms with E-state index in [-0.39, 0.29) is 11.3 Å². The number of rotatable bonds is 4. The predicted octanol–water partition coefficient (Wildman–Crippen LogP) is 6.14. The number of amides is 1. The largest absolute Gasteiger partial charge is 0.278 e. The predicted molar refractivity (Wildman–Crippen MR) is 124 cm³/mol. The molecule has 4 rings (SSSR count).